The maximum Gasteiger partial charge on any atom is 0.243 e. The van der Waals surface area contributed by atoms with Crippen molar-refractivity contribution in [3.05, 3.63) is 108 Å². The molecule has 0 radical (unpaired) electrons. The van der Waals surface area contributed by atoms with E-state index >= 15 is 0 Å². The van der Waals surface area contributed by atoms with Crippen LogP contribution < -0.4 is 76.1 Å². The fraction of sp³-hybridized carbons (Fsp3) is 0.460. The molecular weight excluding hydrogens is 1270 g/mol. The van der Waals surface area contributed by atoms with Gasteiger partial charge in [0, 0.05) is 49.9 Å². The molecule has 5 rings (SSSR count). The van der Waals surface area contributed by atoms with E-state index < -0.39 is 155 Å². The number of nitrogens with zero attached hydrogens (tertiary/aromatic N) is 2. The zero-order valence-electron chi connectivity index (χ0n) is 53.8. The lowest BCUT2D eigenvalue weighted by molar-refractivity contribution is -0.136. The Labute approximate surface area is 558 Å². The van der Waals surface area contributed by atoms with Gasteiger partial charge in [-0.2, -0.15) is 0 Å². The van der Waals surface area contributed by atoms with Gasteiger partial charge in [0.25, 0.3) is 0 Å². The molecule has 33 heteroatoms. The summed E-state index contributed by atoms with van der Waals surface area (Å²) in [4.78, 5) is 181. The molecule has 3 aromatic carbocycles. The van der Waals surface area contributed by atoms with Crippen LogP contribution in [0, 0.1) is 11.8 Å². The summed E-state index contributed by atoms with van der Waals surface area (Å²) >= 11 is 0.779. The molecule has 96 heavy (non-hydrogen) atoms. The first-order chi connectivity index (χ1) is 45.5. The molecule has 22 N–H and O–H groups in total. The second-order valence-corrected chi connectivity index (χ2v) is 24.7. The molecule has 520 valence electrons. The highest BCUT2D eigenvalue weighted by molar-refractivity contribution is 8.00. The summed E-state index contributed by atoms with van der Waals surface area (Å²) in [5.74, 6) is -14.0. The predicted molar refractivity (Wildman–Crippen MR) is 352 cm³/mol. The number of hydrogen-bond donors (Lipinski definition) is 18. The van der Waals surface area contributed by atoms with Crippen LogP contribution in [0.1, 0.15) is 89.1 Å². The number of H-pyrrole nitrogens is 1. The summed E-state index contributed by atoms with van der Waals surface area (Å²) in [5, 5.41) is 56.3. The third-order valence-electron chi connectivity index (χ3n) is 15.3. The Hall–Kier alpha value is -10.5. The van der Waals surface area contributed by atoms with E-state index in [1.165, 1.54) is 92.2 Å². The topological polar surface area (TPSA) is 531 Å². The van der Waals surface area contributed by atoms with Crippen LogP contribution in [-0.2, 0) is 83.2 Å². The number of aromatic nitrogens is 2. The van der Waals surface area contributed by atoms with Gasteiger partial charge in [0.15, 0.2) is 5.96 Å². The third-order valence-corrected chi connectivity index (χ3v) is 16.4. The summed E-state index contributed by atoms with van der Waals surface area (Å²) in [6.45, 7) is 8.21. The summed E-state index contributed by atoms with van der Waals surface area (Å²) < 4.78 is 0. The van der Waals surface area contributed by atoms with E-state index in [1.807, 2.05) is 0 Å². The molecule has 1 aromatic heterocycles. The highest BCUT2D eigenvalue weighted by Gasteiger charge is 2.37. The number of thioether (sulfide) groups is 1. The number of carbonyl (C=O) groups excluding carboxylic acids is 12. The van der Waals surface area contributed by atoms with Crippen molar-refractivity contribution in [3.63, 3.8) is 0 Å². The number of nitrogens with one attached hydrogen (secondary N) is 11. The number of benzene rings is 3. The molecule has 2 heterocycles. The maximum atomic E-state index is 14.7. The number of rotatable bonds is 19. The van der Waals surface area contributed by atoms with E-state index in [1.54, 1.807) is 27.7 Å². The molecule has 0 aliphatic carbocycles. The number of guanidine groups is 1. The molecule has 1 fully saturated rings. The van der Waals surface area contributed by atoms with Crippen molar-refractivity contribution in [3.8, 4) is 17.2 Å². The molecule has 1 aliphatic rings. The van der Waals surface area contributed by atoms with Crippen molar-refractivity contribution in [2.24, 2.45) is 39.8 Å². The van der Waals surface area contributed by atoms with Gasteiger partial charge >= 0.3 is 0 Å². The lowest BCUT2D eigenvalue weighted by atomic mass is 9.96. The number of carbonyl (C=O) groups is 12. The first-order valence-corrected chi connectivity index (χ1v) is 32.2. The van der Waals surface area contributed by atoms with E-state index in [4.69, 9.17) is 22.9 Å². The highest BCUT2D eigenvalue weighted by atomic mass is 32.2. The van der Waals surface area contributed by atoms with Crippen LogP contribution in [0.4, 0.5) is 0 Å². The van der Waals surface area contributed by atoms with Crippen molar-refractivity contribution in [2.45, 2.75) is 153 Å². The number of primary amides is 2. The van der Waals surface area contributed by atoms with Gasteiger partial charge in [0.2, 0.25) is 70.9 Å². The smallest absolute Gasteiger partial charge is 0.243 e. The first kappa shape index (κ1) is 76.2. The lowest BCUT2D eigenvalue weighted by Gasteiger charge is -2.30. The van der Waals surface area contributed by atoms with E-state index in [9.17, 15) is 72.9 Å². The van der Waals surface area contributed by atoms with Crippen molar-refractivity contribution in [1.29, 1.82) is 0 Å². The number of amides is 12. The molecule has 12 amide bonds. The number of hydrogen-bond acceptors (Lipinski definition) is 18. The van der Waals surface area contributed by atoms with E-state index in [2.05, 4.69) is 68.1 Å². The Kier molecular flexibility index (Phi) is 29.7. The highest BCUT2D eigenvalue weighted by Crippen LogP contribution is 2.18. The number of imidazole rings is 1. The third kappa shape index (κ3) is 25.4. The molecule has 32 nitrogen and oxygen atoms in total. The van der Waals surface area contributed by atoms with Gasteiger partial charge in [-0.15, -0.1) is 11.8 Å². The van der Waals surface area contributed by atoms with Crippen molar-refractivity contribution < 1.29 is 72.9 Å². The molecule has 1 aliphatic heterocycles. The second kappa shape index (κ2) is 37.4. The zero-order chi connectivity index (χ0) is 70.8. The molecule has 11 atom stereocenters. The van der Waals surface area contributed by atoms with Crippen LogP contribution in [0.5, 0.6) is 17.2 Å². The zero-order valence-corrected chi connectivity index (χ0v) is 54.7. The second-order valence-electron chi connectivity index (χ2n) is 23.7. The average molecular weight is 1350 g/mol. The molecule has 0 bridgehead atoms. The Morgan fingerprint density at radius 2 is 0.990 bits per heavy atom. The summed E-state index contributed by atoms with van der Waals surface area (Å²) in [6.07, 6.45) is 0.905. The van der Waals surface area contributed by atoms with E-state index in [0.717, 1.165) is 11.8 Å². The predicted octanol–water partition coefficient (Wildman–Crippen LogP) is -3.08. The van der Waals surface area contributed by atoms with Gasteiger partial charge in [0.1, 0.15) is 77.7 Å². The van der Waals surface area contributed by atoms with Crippen LogP contribution >= 0.6 is 11.8 Å². The van der Waals surface area contributed by atoms with Crippen molar-refractivity contribution >= 4 is 88.6 Å². The molecule has 0 saturated carbocycles. The number of phenolic OH excluding ortho intramolecular Hbond substituents is 3. The monoisotopic (exact) mass is 1350 g/mol. The van der Waals surface area contributed by atoms with Crippen LogP contribution in [0.15, 0.2) is 90.3 Å². The Morgan fingerprint density at radius 1 is 0.552 bits per heavy atom. The minimum Gasteiger partial charge on any atom is -0.508 e. The molecule has 1 saturated heterocycles. The van der Waals surface area contributed by atoms with Gasteiger partial charge in [-0.05, 0) is 91.1 Å². The summed E-state index contributed by atoms with van der Waals surface area (Å²) in [5.41, 5.74) is 24.0. The largest absolute Gasteiger partial charge is 0.508 e. The first-order valence-electron chi connectivity index (χ1n) is 31.0. The van der Waals surface area contributed by atoms with Crippen LogP contribution in [0.2, 0.25) is 0 Å². The van der Waals surface area contributed by atoms with Crippen molar-refractivity contribution in [2.75, 3.05) is 18.1 Å². The van der Waals surface area contributed by atoms with Crippen molar-refractivity contribution in [1.82, 2.24) is 63.1 Å². The maximum absolute atomic E-state index is 14.7. The van der Waals surface area contributed by atoms with Gasteiger partial charge < -0.3 is 96.4 Å². The van der Waals surface area contributed by atoms with Gasteiger partial charge in [-0.1, -0.05) is 70.5 Å². The summed E-state index contributed by atoms with van der Waals surface area (Å²) in [6, 6.07) is 1.64. The Bertz CT molecular complexity index is 3370. The SMILES string of the molecule is CC[C@H](C)[C@@H]1NC(=O)[C@H](Cc2ccc(O)cc2)NC(=O)CSC[C@@H](C(N)=O)NC(=O)[C@H](CC(N)=O)NC(=O)[C@H](Cc2cnc[nH]2)NC(=O)[C@H](Cc2ccc(O)cc2)NC(=O)[C@H](C)NC(=O)[C@H](Cc2ccc(O)cc2)NC(=O)[C@H](CC(C)C)NC(=O)[C@H](CCCN=C(N)N)NC1=O. The summed E-state index contributed by atoms with van der Waals surface area (Å²) in [7, 11) is 0. The Balaban J connectivity index is 1.61. The molecule has 0 unspecified atom stereocenters. The quantitative estimate of drug-likeness (QED) is 0.0251. The van der Waals surface area contributed by atoms with Crippen LogP contribution in [-0.4, -0.2) is 181 Å². The molecule has 0 spiro atoms. The fourth-order valence-electron chi connectivity index (χ4n) is 9.90. The fourth-order valence-corrected chi connectivity index (χ4v) is 10.8. The van der Waals surface area contributed by atoms with Crippen LogP contribution in [0.25, 0.3) is 0 Å². The van der Waals surface area contributed by atoms with Gasteiger partial charge in [0.05, 0.1) is 18.5 Å². The lowest BCUT2D eigenvalue weighted by Crippen LogP contribution is -2.61. The number of aromatic amines is 1. The van der Waals surface area contributed by atoms with E-state index in [-0.39, 0.29) is 86.3 Å². The number of phenols is 3. The number of aromatic hydroxyl groups is 3. The standard InChI is InChI=1S/C63H87N17O15S/c1-6-33(4)52-62(95)73-42(8-7-21-69-63(66)67)55(88)75-43(22-32(2)3)57(90)76-45(24-36-11-17-40(82)18-12-36)56(89)71-34(5)54(87)74-46(25-37-13-19-41(83)20-14-37)58(91)77-47(26-38-28-68-31-70-38)59(92)78-48(27-50(64)84)60(93)79-49(53(65)86)29-96-30-51(85)72-44(61(94)80-52)23-35-9-15-39(81)16-10-35/h9-20,28,31-34,42-49,52,81-83H,6-8,21-27,29-30H2,1-5H3,(H2,64,84)(H2,65,86)(H,68,70)(H,71,89)(H,72,85)(H,73,95)(H,74,87)(H,75,88)(H,76,90)(H,77,91)(H,78,92)(H,79,93)(H,80,94)(H4,66,67,69)/t33-,34-,42-,43-,44-,45-,46-,47-,48-,49-,52-/m0/s1. The van der Waals surface area contributed by atoms with E-state index in [0.29, 0.717) is 23.1 Å². The molecule has 4 aromatic rings. The van der Waals surface area contributed by atoms with Gasteiger partial charge in [-0.25, -0.2) is 4.98 Å². The number of aliphatic imine (C=N–C) groups is 1. The average Bonchev–Trinajstić information content (AvgIpc) is 1.25. The minimum absolute atomic E-state index is 0.00199. The molecular formula is C63H87N17O15S. The Morgan fingerprint density at radius 3 is 1.47 bits per heavy atom. The van der Waals surface area contributed by atoms with Crippen LogP contribution in [0.3, 0.4) is 0 Å². The normalized spacial score (nSPS) is 23.4. The number of nitrogens with two attached hydrogens (primary N) is 4. The minimum atomic E-state index is -1.83. The van der Waals surface area contributed by atoms with Gasteiger partial charge in [-0.3, -0.25) is 62.5 Å².